The highest BCUT2D eigenvalue weighted by molar-refractivity contribution is 4.71. The Morgan fingerprint density at radius 1 is 0.850 bits per heavy atom. The first-order valence-electron chi connectivity index (χ1n) is 8.94. The quantitative estimate of drug-likeness (QED) is 0.211. The van der Waals surface area contributed by atoms with Gasteiger partial charge < -0.3 is 4.74 Å². The molecule has 0 saturated carbocycles. The summed E-state index contributed by atoms with van der Waals surface area (Å²) in [4.78, 5) is 0. The van der Waals surface area contributed by atoms with Gasteiger partial charge >= 0.3 is 0 Å². The van der Waals surface area contributed by atoms with Crippen molar-refractivity contribution in [2.24, 2.45) is 5.84 Å². The topological polar surface area (TPSA) is 41.8 Å². The fraction of sp³-hybridized carbons (Fsp3) is 1.00. The molecule has 0 amide bonds. The van der Waals surface area contributed by atoms with E-state index in [1.54, 1.807) is 0 Å². The molecule has 20 heavy (non-hydrogen) atoms. The summed E-state index contributed by atoms with van der Waals surface area (Å²) in [7, 11) is 0. The lowest BCUT2D eigenvalue weighted by molar-refractivity contribution is 0.243. The van der Waals surface area contributed by atoms with E-state index < -0.39 is 0 Å². The molecular formula is C17H36N2O. The van der Waals surface area contributed by atoms with Crippen LogP contribution in [0.2, 0.25) is 0 Å². The average Bonchev–Trinajstić information content (AvgIpc) is 3.24. The maximum absolute atomic E-state index is 5.90. The molecule has 3 nitrogen and oxygen atoms in total. The maximum Gasteiger partial charge on any atom is 0.0950 e. The number of rotatable bonds is 15. The van der Waals surface area contributed by atoms with Crippen molar-refractivity contribution in [2.75, 3.05) is 19.7 Å². The summed E-state index contributed by atoms with van der Waals surface area (Å²) >= 11 is 0. The van der Waals surface area contributed by atoms with Gasteiger partial charge in [0.15, 0.2) is 0 Å². The Hall–Kier alpha value is -0.120. The minimum absolute atomic E-state index is 0.428. The third-order valence-corrected chi connectivity index (χ3v) is 4.14. The zero-order chi connectivity index (χ0) is 14.5. The van der Waals surface area contributed by atoms with Crippen LogP contribution >= 0.6 is 0 Å². The Morgan fingerprint density at radius 3 is 1.75 bits per heavy atom. The summed E-state index contributed by atoms with van der Waals surface area (Å²) < 4.78 is 5.17. The minimum Gasteiger partial charge on any atom is -0.372 e. The summed E-state index contributed by atoms with van der Waals surface area (Å²) in [5.41, 5.74) is 0. The Kier molecular flexibility index (Phi) is 11.3. The molecule has 1 saturated heterocycles. The number of epoxide rings is 1. The lowest BCUT2D eigenvalue weighted by Crippen LogP contribution is -2.35. The van der Waals surface area contributed by atoms with Gasteiger partial charge in [-0.15, -0.1) is 0 Å². The van der Waals surface area contributed by atoms with Gasteiger partial charge in [-0.3, -0.25) is 5.84 Å². The van der Waals surface area contributed by atoms with Gasteiger partial charge in [0.05, 0.1) is 12.7 Å². The molecule has 1 heterocycles. The molecule has 0 aliphatic carbocycles. The van der Waals surface area contributed by atoms with Crippen molar-refractivity contribution in [1.29, 1.82) is 0 Å². The van der Waals surface area contributed by atoms with Crippen molar-refractivity contribution >= 4 is 0 Å². The molecule has 0 bridgehead atoms. The zero-order valence-electron chi connectivity index (χ0n) is 13.6. The van der Waals surface area contributed by atoms with Crippen LogP contribution in [-0.2, 0) is 4.74 Å². The average molecular weight is 284 g/mol. The molecule has 3 heteroatoms. The predicted octanol–water partition coefficient (Wildman–Crippen LogP) is 4.26. The van der Waals surface area contributed by atoms with Crippen molar-refractivity contribution in [3.8, 4) is 0 Å². The van der Waals surface area contributed by atoms with Crippen LogP contribution in [0.4, 0.5) is 0 Å². The first-order chi connectivity index (χ1) is 9.83. The summed E-state index contributed by atoms with van der Waals surface area (Å²) in [5, 5.41) is 1.92. The number of hydrogen-bond donors (Lipinski definition) is 1. The monoisotopic (exact) mass is 284 g/mol. The largest absolute Gasteiger partial charge is 0.372 e. The van der Waals surface area contributed by atoms with Crippen LogP contribution in [-0.4, -0.2) is 30.8 Å². The van der Waals surface area contributed by atoms with E-state index in [1.165, 1.54) is 77.0 Å². The highest BCUT2D eigenvalue weighted by Gasteiger charge is 2.23. The van der Waals surface area contributed by atoms with E-state index >= 15 is 0 Å². The molecule has 1 fully saturated rings. The standard InChI is InChI=1S/C17H36N2O/c1-2-3-4-5-6-7-8-9-10-11-12-13-14-19(18)15-17-16-20-17/h17H,2-16,18H2,1H3. The second-order valence-electron chi connectivity index (χ2n) is 6.34. The molecule has 0 aromatic rings. The first kappa shape index (κ1) is 17.9. The van der Waals surface area contributed by atoms with Crippen LogP contribution in [0.25, 0.3) is 0 Å². The highest BCUT2D eigenvalue weighted by Crippen LogP contribution is 2.12. The number of hydrogen-bond acceptors (Lipinski definition) is 3. The molecule has 0 aromatic heterocycles. The van der Waals surface area contributed by atoms with E-state index in [2.05, 4.69) is 6.92 Å². The molecule has 0 spiro atoms. The maximum atomic E-state index is 5.90. The van der Waals surface area contributed by atoms with E-state index in [-0.39, 0.29) is 0 Å². The van der Waals surface area contributed by atoms with Crippen LogP contribution in [0.3, 0.4) is 0 Å². The molecule has 1 atom stereocenters. The van der Waals surface area contributed by atoms with Crippen molar-refractivity contribution in [1.82, 2.24) is 5.01 Å². The van der Waals surface area contributed by atoms with E-state index in [0.717, 1.165) is 19.7 Å². The number of hydrazine groups is 1. The second-order valence-corrected chi connectivity index (χ2v) is 6.34. The van der Waals surface area contributed by atoms with Gasteiger partial charge in [0.25, 0.3) is 0 Å². The third kappa shape index (κ3) is 11.7. The Bertz CT molecular complexity index is 207. The van der Waals surface area contributed by atoms with Gasteiger partial charge in [-0.2, -0.15) is 0 Å². The van der Waals surface area contributed by atoms with E-state index in [9.17, 15) is 0 Å². The van der Waals surface area contributed by atoms with Crippen LogP contribution in [0.15, 0.2) is 0 Å². The van der Waals surface area contributed by atoms with Gasteiger partial charge in [0.1, 0.15) is 0 Å². The smallest absolute Gasteiger partial charge is 0.0950 e. The summed E-state index contributed by atoms with van der Waals surface area (Å²) in [6.07, 6.45) is 17.2. The van der Waals surface area contributed by atoms with Crippen molar-refractivity contribution in [3.63, 3.8) is 0 Å². The Balaban J connectivity index is 1.67. The van der Waals surface area contributed by atoms with E-state index in [1.807, 2.05) is 5.01 Å². The Labute approximate surface area is 126 Å². The van der Waals surface area contributed by atoms with Gasteiger partial charge in [-0.05, 0) is 6.42 Å². The van der Waals surface area contributed by atoms with Crippen molar-refractivity contribution < 1.29 is 4.74 Å². The lowest BCUT2D eigenvalue weighted by Gasteiger charge is -2.14. The SMILES string of the molecule is CCCCCCCCCCCCCCN(N)CC1CO1. The molecular weight excluding hydrogens is 248 g/mol. The van der Waals surface area contributed by atoms with Gasteiger partial charge in [-0.25, -0.2) is 5.01 Å². The van der Waals surface area contributed by atoms with Crippen LogP contribution in [0.5, 0.6) is 0 Å². The lowest BCUT2D eigenvalue weighted by atomic mass is 10.1. The zero-order valence-corrected chi connectivity index (χ0v) is 13.6. The molecule has 0 aromatic carbocycles. The van der Waals surface area contributed by atoms with Crippen molar-refractivity contribution in [3.05, 3.63) is 0 Å². The van der Waals surface area contributed by atoms with Gasteiger partial charge in [0, 0.05) is 13.1 Å². The normalized spacial score (nSPS) is 17.9. The minimum atomic E-state index is 0.428. The van der Waals surface area contributed by atoms with Crippen LogP contribution in [0.1, 0.15) is 84.0 Å². The van der Waals surface area contributed by atoms with Crippen molar-refractivity contribution in [2.45, 2.75) is 90.1 Å². The predicted molar refractivity (Wildman–Crippen MR) is 86.6 cm³/mol. The number of ether oxygens (including phenoxy) is 1. The first-order valence-corrected chi connectivity index (χ1v) is 8.94. The van der Waals surface area contributed by atoms with Gasteiger partial charge in [-0.1, -0.05) is 77.6 Å². The highest BCUT2D eigenvalue weighted by atomic mass is 16.6. The molecule has 2 N–H and O–H groups in total. The summed E-state index contributed by atoms with van der Waals surface area (Å²) in [6.45, 7) is 5.13. The second kappa shape index (κ2) is 12.6. The molecule has 1 aliphatic heterocycles. The molecule has 120 valence electrons. The molecule has 1 rings (SSSR count). The van der Waals surface area contributed by atoms with Crippen LogP contribution in [0, 0.1) is 0 Å². The number of nitrogens with zero attached hydrogens (tertiary/aromatic N) is 1. The van der Waals surface area contributed by atoms with Gasteiger partial charge in [0.2, 0.25) is 0 Å². The van der Waals surface area contributed by atoms with E-state index in [4.69, 9.17) is 10.6 Å². The summed E-state index contributed by atoms with van der Waals surface area (Å²) in [6, 6.07) is 0. The fourth-order valence-electron chi connectivity index (χ4n) is 2.68. The number of nitrogens with two attached hydrogens (primary N) is 1. The Morgan fingerprint density at radius 2 is 1.30 bits per heavy atom. The molecule has 0 radical (unpaired) electrons. The third-order valence-electron chi connectivity index (χ3n) is 4.14. The summed E-state index contributed by atoms with van der Waals surface area (Å²) in [5.74, 6) is 5.90. The van der Waals surface area contributed by atoms with E-state index in [0.29, 0.717) is 6.10 Å². The van der Waals surface area contributed by atoms with Crippen LogP contribution < -0.4 is 5.84 Å². The molecule has 1 aliphatic rings. The number of unbranched alkanes of at least 4 members (excludes halogenated alkanes) is 11. The molecule has 1 unspecified atom stereocenters. The fourth-order valence-corrected chi connectivity index (χ4v) is 2.68.